The summed E-state index contributed by atoms with van der Waals surface area (Å²) in [7, 11) is 0. The summed E-state index contributed by atoms with van der Waals surface area (Å²) in [4.78, 5) is 0. The highest BCUT2D eigenvalue weighted by Crippen LogP contribution is 2.40. The molecule has 1 aromatic heterocycles. The molecule has 0 saturated heterocycles. The molecule has 1 aromatic carbocycles. The van der Waals surface area contributed by atoms with Crippen molar-refractivity contribution in [2.75, 3.05) is 0 Å². The number of phenolic OH excluding ortho intramolecular Hbond substituents is 1. The molecule has 0 amide bonds. The topological polar surface area (TPSA) is 48.9 Å². The van der Waals surface area contributed by atoms with E-state index in [2.05, 4.69) is 5.10 Å². The number of aromatic nitrogens is 2. The maximum atomic E-state index is 12.9. The van der Waals surface area contributed by atoms with Crippen LogP contribution in [0.25, 0.3) is 10.9 Å². The third-order valence-corrected chi connectivity index (χ3v) is 2.73. The number of alkyl halides is 3. The summed E-state index contributed by atoms with van der Waals surface area (Å²) in [6.07, 6.45) is -4.49. The Bertz CT molecular complexity index is 594. The van der Waals surface area contributed by atoms with Crippen LogP contribution in [0, 0.1) is 0 Å². The van der Waals surface area contributed by atoms with Gasteiger partial charge in [0.1, 0.15) is 11.4 Å². The highest BCUT2D eigenvalue weighted by atomic mass is 19.4. The number of hydrogen-bond acceptors (Lipinski definition) is 2. The maximum Gasteiger partial charge on any atom is 0.433 e. The van der Waals surface area contributed by atoms with Crippen molar-refractivity contribution in [3.05, 3.63) is 23.4 Å². The quantitative estimate of drug-likeness (QED) is 0.758. The molecule has 0 spiro atoms. The molecule has 0 unspecified atom stereocenters. The number of nitrogens with one attached hydrogen (secondary N) is 1. The molecule has 1 heterocycles. The van der Waals surface area contributed by atoms with Gasteiger partial charge >= 0.3 is 6.18 Å². The van der Waals surface area contributed by atoms with Crippen LogP contribution in [0.3, 0.4) is 0 Å². The van der Waals surface area contributed by atoms with Crippen LogP contribution in [0.4, 0.5) is 13.2 Å². The van der Waals surface area contributed by atoms with Gasteiger partial charge in [-0.1, -0.05) is 20.8 Å². The summed E-state index contributed by atoms with van der Waals surface area (Å²) in [6, 6.07) is 2.57. The number of nitrogens with zero attached hydrogens (tertiary/aromatic N) is 1. The van der Waals surface area contributed by atoms with Gasteiger partial charge in [0.25, 0.3) is 0 Å². The number of halogens is 3. The monoisotopic (exact) mass is 258 g/mol. The lowest BCUT2D eigenvalue weighted by Gasteiger charge is -2.21. The third kappa shape index (κ3) is 2.02. The summed E-state index contributed by atoms with van der Waals surface area (Å²) in [5.74, 6) is -0.0901. The number of rotatable bonds is 0. The van der Waals surface area contributed by atoms with Crippen LogP contribution in [0.2, 0.25) is 0 Å². The molecule has 2 N–H and O–H groups in total. The van der Waals surface area contributed by atoms with E-state index in [0.29, 0.717) is 5.56 Å². The highest BCUT2D eigenvalue weighted by Gasteiger charge is 2.37. The Hall–Kier alpha value is -1.72. The predicted octanol–water partition coefficient (Wildman–Crippen LogP) is 3.58. The van der Waals surface area contributed by atoms with Crippen molar-refractivity contribution in [1.29, 1.82) is 0 Å². The number of fused-ring (bicyclic) bond motifs is 1. The second-order valence-corrected chi connectivity index (χ2v) is 5.23. The van der Waals surface area contributed by atoms with Gasteiger partial charge in [-0.3, -0.25) is 5.10 Å². The first kappa shape index (κ1) is 12.7. The van der Waals surface area contributed by atoms with Crippen molar-refractivity contribution in [3.8, 4) is 5.75 Å². The van der Waals surface area contributed by atoms with Gasteiger partial charge in [0.2, 0.25) is 0 Å². The van der Waals surface area contributed by atoms with E-state index in [0.717, 1.165) is 0 Å². The molecular weight excluding hydrogens is 245 g/mol. The predicted molar refractivity (Wildman–Crippen MR) is 61.5 cm³/mol. The molecule has 0 fully saturated rings. The van der Waals surface area contributed by atoms with E-state index in [-0.39, 0.29) is 16.7 Å². The molecule has 0 aliphatic rings. The zero-order valence-corrected chi connectivity index (χ0v) is 10.2. The Balaban J connectivity index is 2.87. The Kier molecular flexibility index (Phi) is 2.57. The second-order valence-electron chi connectivity index (χ2n) is 5.23. The highest BCUT2D eigenvalue weighted by molar-refractivity contribution is 5.87. The number of hydrogen-bond donors (Lipinski definition) is 2. The van der Waals surface area contributed by atoms with Gasteiger partial charge in [0, 0.05) is 11.5 Å². The van der Waals surface area contributed by atoms with Gasteiger partial charge in [0.15, 0.2) is 0 Å². The average molecular weight is 258 g/mol. The van der Waals surface area contributed by atoms with Crippen LogP contribution >= 0.6 is 0 Å². The van der Waals surface area contributed by atoms with Crippen LogP contribution in [0.1, 0.15) is 32.0 Å². The van der Waals surface area contributed by atoms with E-state index in [1.54, 1.807) is 20.8 Å². The van der Waals surface area contributed by atoms with E-state index in [1.807, 2.05) is 5.10 Å². The maximum absolute atomic E-state index is 12.9. The van der Waals surface area contributed by atoms with E-state index in [1.165, 1.54) is 12.1 Å². The number of benzene rings is 1. The SMILES string of the molecule is CC(C)(C)c1cc(O)cc2n[nH]c(C(F)(F)F)c12. The van der Waals surface area contributed by atoms with Gasteiger partial charge in [-0.05, 0) is 17.0 Å². The second kappa shape index (κ2) is 3.63. The number of H-pyrrole nitrogens is 1. The van der Waals surface area contributed by atoms with Crippen molar-refractivity contribution < 1.29 is 18.3 Å². The van der Waals surface area contributed by atoms with Crippen molar-refractivity contribution in [2.24, 2.45) is 0 Å². The van der Waals surface area contributed by atoms with Crippen LogP contribution in [0.15, 0.2) is 12.1 Å². The Morgan fingerprint density at radius 1 is 1.17 bits per heavy atom. The van der Waals surface area contributed by atoms with Crippen molar-refractivity contribution in [3.63, 3.8) is 0 Å². The lowest BCUT2D eigenvalue weighted by Crippen LogP contribution is -2.14. The average Bonchev–Trinajstić information content (AvgIpc) is 2.57. The Morgan fingerprint density at radius 3 is 2.28 bits per heavy atom. The molecule has 3 nitrogen and oxygen atoms in total. The van der Waals surface area contributed by atoms with E-state index >= 15 is 0 Å². The fraction of sp³-hybridized carbons (Fsp3) is 0.417. The molecule has 18 heavy (non-hydrogen) atoms. The van der Waals surface area contributed by atoms with Crippen LogP contribution < -0.4 is 0 Å². The van der Waals surface area contributed by atoms with E-state index < -0.39 is 17.3 Å². The summed E-state index contributed by atoms with van der Waals surface area (Å²) in [5.41, 5.74) is -0.867. The Labute approximate surface area is 102 Å². The first-order valence-electron chi connectivity index (χ1n) is 5.39. The molecule has 0 bridgehead atoms. The lowest BCUT2D eigenvalue weighted by atomic mass is 9.84. The smallest absolute Gasteiger partial charge is 0.433 e. The minimum Gasteiger partial charge on any atom is -0.508 e. The van der Waals surface area contributed by atoms with Crippen LogP contribution in [0.5, 0.6) is 5.75 Å². The van der Waals surface area contributed by atoms with E-state index in [4.69, 9.17) is 0 Å². The molecule has 2 rings (SSSR count). The molecule has 2 aromatic rings. The number of aromatic amines is 1. The van der Waals surface area contributed by atoms with Gasteiger partial charge in [-0.2, -0.15) is 18.3 Å². The number of aromatic hydroxyl groups is 1. The summed E-state index contributed by atoms with van der Waals surface area (Å²) in [6.45, 7) is 5.36. The largest absolute Gasteiger partial charge is 0.508 e. The molecule has 6 heteroatoms. The Morgan fingerprint density at radius 2 is 1.78 bits per heavy atom. The van der Waals surface area contributed by atoms with Crippen LogP contribution in [-0.2, 0) is 11.6 Å². The van der Waals surface area contributed by atoms with Crippen molar-refractivity contribution in [2.45, 2.75) is 32.4 Å². The zero-order chi connectivity index (χ0) is 13.7. The van der Waals surface area contributed by atoms with Gasteiger partial charge < -0.3 is 5.11 Å². The van der Waals surface area contributed by atoms with Gasteiger partial charge in [-0.25, -0.2) is 0 Å². The molecule has 0 aliphatic heterocycles. The number of phenols is 1. The summed E-state index contributed by atoms with van der Waals surface area (Å²) >= 11 is 0. The van der Waals surface area contributed by atoms with E-state index in [9.17, 15) is 18.3 Å². The summed E-state index contributed by atoms with van der Waals surface area (Å²) < 4.78 is 38.7. The van der Waals surface area contributed by atoms with Gasteiger partial charge in [-0.15, -0.1) is 0 Å². The molecule has 98 valence electrons. The standard InChI is InChI=1S/C12H13F3N2O/c1-11(2,3)7-4-6(18)5-8-9(7)10(17-16-8)12(13,14)15/h4-5,18H,1-3H3,(H,16,17). The van der Waals surface area contributed by atoms with Gasteiger partial charge in [0.05, 0.1) is 5.52 Å². The fourth-order valence-corrected chi connectivity index (χ4v) is 1.93. The summed E-state index contributed by atoms with van der Waals surface area (Å²) in [5, 5.41) is 15.2. The van der Waals surface area contributed by atoms with Crippen molar-refractivity contribution in [1.82, 2.24) is 10.2 Å². The molecule has 0 radical (unpaired) electrons. The van der Waals surface area contributed by atoms with Crippen LogP contribution in [-0.4, -0.2) is 15.3 Å². The minimum atomic E-state index is -4.49. The minimum absolute atomic E-state index is 0.0211. The fourth-order valence-electron chi connectivity index (χ4n) is 1.93. The van der Waals surface area contributed by atoms with Crippen molar-refractivity contribution >= 4 is 10.9 Å². The zero-order valence-electron chi connectivity index (χ0n) is 10.2. The third-order valence-electron chi connectivity index (χ3n) is 2.73. The first-order chi connectivity index (χ1) is 8.10. The molecule has 0 atom stereocenters. The first-order valence-corrected chi connectivity index (χ1v) is 5.39. The molecular formula is C12H13F3N2O. The molecule has 0 aliphatic carbocycles. The normalized spacial score (nSPS) is 13.2. The molecule has 0 saturated carbocycles. The lowest BCUT2D eigenvalue weighted by molar-refractivity contribution is -0.140.